The fraction of sp³-hybridized carbons (Fsp3) is 0.370. The van der Waals surface area contributed by atoms with Gasteiger partial charge >= 0.3 is 0 Å². The Morgan fingerprint density at radius 3 is 2.34 bits per heavy atom. The van der Waals surface area contributed by atoms with E-state index < -0.39 is 0 Å². The summed E-state index contributed by atoms with van der Waals surface area (Å²) >= 11 is 0. The molecule has 0 aromatic heterocycles. The van der Waals surface area contributed by atoms with Gasteiger partial charge in [0.05, 0.1) is 28.4 Å². The van der Waals surface area contributed by atoms with Crippen molar-refractivity contribution in [2.24, 2.45) is 5.41 Å². The Morgan fingerprint density at radius 1 is 1.00 bits per heavy atom. The average molecular weight is 439 g/mol. The van der Waals surface area contributed by atoms with Crippen LogP contribution in [-0.2, 0) is 14.3 Å². The van der Waals surface area contributed by atoms with Gasteiger partial charge in [-0.1, -0.05) is 44.2 Å². The highest BCUT2D eigenvalue weighted by Gasteiger charge is 2.25. The summed E-state index contributed by atoms with van der Waals surface area (Å²) in [7, 11) is 6.47. The van der Waals surface area contributed by atoms with Gasteiger partial charge in [-0.05, 0) is 54.3 Å². The molecule has 1 atom stereocenters. The molecular formula is C27H34O5. The number of ether oxygens (including phenoxy) is 4. The molecule has 0 amide bonds. The molecule has 1 aliphatic carbocycles. The second-order valence-corrected chi connectivity index (χ2v) is 7.81. The highest BCUT2D eigenvalue weighted by atomic mass is 16.5. The number of ketones is 1. The predicted molar refractivity (Wildman–Crippen MR) is 129 cm³/mol. The molecule has 5 heteroatoms. The number of hydrogen-bond donors (Lipinski definition) is 0. The van der Waals surface area contributed by atoms with E-state index in [1.165, 1.54) is 0 Å². The molecule has 0 N–H and O–H groups in total. The Bertz CT molecular complexity index is 949. The first-order chi connectivity index (χ1) is 15.4. The van der Waals surface area contributed by atoms with Gasteiger partial charge in [-0.25, -0.2) is 0 Å². The lowest BCUT2D eigenvalue weighted by molar-refractivity contribution is -0.113. The van der Waals surface area contributed by atoms with Crippen molar-refractivity contribution in [1.82, 2.24) is 0 Å². The molecular weight excluding hydrogens is 404 g/mol. The summed E-state index contributed by atoms with van der Waals surface area (Å²) in [5, 5.41) is 0. The lowest BCUT2D eigenvalue weighted by Gasteiger charge is -2.27. The van der Waals surface area contributed by atoms with Crippen LogP contribution in [0.1, 0.15) is 38.7 Å². The van der Waals surface area contributed by atoms with Crippen LogP contribution in [0.4, 0.5) is 0 Å². The van der Waals surface area contributed by atoms with E-state index in [0.29, 0.717) is 17.9 Å². The van der Waals surface area contributed by atoms with Gasteiger partial charge in [0.1, 0.15) is 0 Å². The zero-order chi connectivity index (χ0) is 23.6. The summed E-state index contributed by atoms with van der Waals surface area (Å²) in [5.41, 5.74) is 1.66. The van der Waals surface area contributed by atoms with Gasteiger partial charge < -0.3 is 18.9 Å². The summed E-state index contributed by atoms with van der Waals surface area (Å²) in [6.07, 6.45) is 15.7. The zero-order valence-corrected chi connectivity index (χ0v) is 19.9. The van der Waals surface area contributed by atoms with Crippen molar-refractivity contribution >= 4 is 11.9 Å². The van der Waals surface area contributed by atoms with Gasteiger partial charge in [-0.2, -0.15) is 0 Å². The van der Waals surface area contributed by atoms with Crippen molar-refractivity contribution in [1.29, 1.82) is 0 Å². The van der Waals surface area contributed by atoms with Gasteiger partial charge in [0, 0.05) is 11.8 Å². The summed E-state index contributed by atoms with van der Waals surface area (Å²) in [4.78, 5) is 12.6. The molecule has 0 radical (unpaired) electrons. The van der Waals surface area contributed by atoms with E-state index in [1.54, 1.807) is 40.6 Å². The van der Waals surface area contributed by atoms with Crippen LogP contribution in [0.3, 0.4) is 0 Å². The number of allylic oxidation sites excluding steroid dienone is 7. The Hall–Kier alpha value is -3.21. The molecule has 5 nitrogen and oxygen atoms in total. The minimum Gasteiger partial charge on any atom is -0.493 e. The van der Waals surface area contributed by atoms with Crippen LogP contribution in [0, 0.1) is 5.41 Å². The van der Waals surface area contributed by atoms with Gasteiger partial charge in [-0.15, -0.1) is 0 Å². The van der Waals surface area contributed by atoms with Crippen molar-refractivity contribution < 1.29 is 23.7 Å². The van der Waals surface area contributed by atoms with Gasteiger partial charge in [0.15, 0.2) is 28.8 Å². The van der Waals surface area contributed by atoms with E-state index in [4.69, 9.17) is 18.9 Å². The first kappa shape index (κ1) is 25.1. The predicted octanol–water partition coefficient (Wildman–Crippen LogP) is 6.04. The third kappa shape index (κ3) is 6.91. The summed E-state index contributed by atoms with van der Waals surface area (Å²) in [5.74, 6) is 2.79. The fourth-order valence-corrected chi connectivity index (χ4v) is 3.47. The molecule has 0 saturated heterocycles. The Kier molecular flexibility index (Phi) is 9.39. The van der Waals surface area contributed by atoms with Crippen LogP contribution in [0.15, 0.2) is 71.7 Å². The molecule has 0 fully saturated rings. The molecule has 32 heavy (non-hydrogen) atoms. The quantitative estimate of drug-likeness (QED) is 0.311. The first-order valence-corrected chi connectivity index (χ1v) is 10.7. The molecule has 0 heterocycles. The zero-order valence-electron chi connectivity index (χ0n) is 19.9. The lowest BCUT2D eigenvalue weighted by Crippen LogP contribution is -2.16. The van der Waals surface area contributed by atoms with Crippen LogP contribution >= 0.6 is 0 Å². The summed E-state index contributed by atoms with van der Waals surface area (Å²) in [6, 6.07) is 5.56. The van der Waals surface area contributed by atoms with Crippen molar-refractivity contribution in [3.63, 3.8) is 0 Å². The monoisotopic (exact) mass is 438 g/mol. The topological polar surface area (TPSA) is 54.0 Å². The lowest BCUT2D eigenvalue weighted by atomic mass is 9.81. The maximum Gasteiger partial charge on any atom is 0.161 e. The summed E-state index contributed by atoms with van der Waals surface area (Å²) < 4.78 is 21.4. The van der Waals surface area contributed by atoms with Crippen molar-refractivity contribution in [3.8, 4) is 11.5 Å². The van der Waals surface area contributed by atoms with E-state index in [-0.39, 0.29) is 11.2 Å². The Balaban J connectivity index is 2.10. The average Bonchev–Trinajstić information content (AvgIpc) is 2.81. The first-order valence-electron chi connectivity index (χ1n) is 10.7. The smallest absolute Gasteiger partial charge is 0.161 e. The molecule has 1 unspecified atom stereocenters. The van der Waals surface area contributed by atoms with Crippen LogP contribution in [0.25, 0.3) is 6.08 Å². The molecule has 0 saturated carbocycles. The van der Waals surface area contributed by atoms with E-state index in [0.717, 1.165) is 35.5 Å². The number of carbonyl (C=O) groups excluding carboxylic acids is 1. The Morgan fingerprint density at radius 2 is 1.72 bits per heavy atom. The second-order valence-electron chi connectivity index (χ2n) is 7.81. The van der Waals surface area contributed by atoms with Gasteiger partial charge in [0.25, 0.3) is 0 Å². The Labute approximate surface area is 191 Å². The molecule has 0 bridgehead atoms. The van der Waals surface area contributed by atoms with Crippen molar-refractivity contribution in [2.45, 2.75) is 33.1 Å². The molecule has 172 valence electrons. The van der Waals surface area contributed by atoms with Gasteiger partial charge in [0.2, 0.25) is 0 Å². The standard InChI is InChI=1S/C27H34O5/c1-7-8-20(13-15-27(2)16-14-24(30-4)26(19-27)32-6)17-22(28)11-9-21-10-12-23(29-3)25(18-21)31-5/h8-15,18-19H,7,16-17H2,1-6H3/b11-9+,15-13+,20-8+. The molecule has 0 aliphatic heterocycles. The largest absolute Gasteiger partial charge is 0.493 e. The number of methoxy groups -OCH3 is 4. The molecule has 1 aliphatic rings. The summed E-state index contributed by atoms with van der Waals surface area (Å²) in [6.45, 7) is 4.20. The third-order valence-corrected chi connectivity index (χ3v) is 5.26. The maximum atomic E-state index is 12.6. The van der Waals surface area contributed by atoms with Crippen LogP contribution < -0.4 is 9.47 Å². The molecule has 1 aromatic rings. The van der Waals surface area contributed by atoms with Gasteiger partial charge in [-0.3, -0.25) is 4.79 Å². The van der Waals surface area contributed by atoms with Crippen LogP contribution in [-0.4, -0.2) is 34.2 Å². The van der Waals surface area contributed by atoms with E-state index in [1.807, 2.05) is 30.4 Å². The number of hydrogen-bond acceptors (Lipinski definition) is 5. The maximum absolute atomic E-state index is 12.6. The van der Waals surface area contributed by atoms with Crippen molar-refractivity contribution in [2.75, 3.05) is 28.4 Å². The highest BCUT2D eigenvalue weighted by Crippen LogP contribution is 2.35. The number of carbonyl (C=O) groups is 1. The normalized spacial score (nSPS) is 19.0. The number of rotatable bonds is 11. The molecule has 2 rings (SSSR count). The van der Waals surface area contributed by atoms with E-state index >= 15 is 0 Å². The van der Waals surface area contributed by atoms with Crippen LogP contribution in [0.5, 0.6) is 11.5 Å². The third-order valence-electron chi connectivity index (χ3n) is 5.26. The minimum atomic E-state index is -0.210. The SMILES string of the molecule is CC/C=C(\C=C\C1(C)C=C(OC)C(OC)=CC1)CC(=O)/C=C/c1ccc(OC)c(OC)c1. The fourth-order valence-electron chi connectivity index (χ4n) is 3.47. The van der Waals surface area contributed by atoms with Crippen molar-refractivity contribution in [3.05, 3.63) is 77.3 Å². The van der Waals surface area contributed by atoms with E-state index in [9.17, 15) is 4.79 Å². The highest BCUT2D eigenvalue weighted by molar-refractivity contribution is 5.95. The van der Waals surface area contributed by atoms with Crippen LogP contribution in [0.2, 0.25) is 0 Å². The molecule has 1 aromatic carbocycles. The number of benzene rings is 1. The second kappa shape index (κ2) is 12.0. The minimum absolute atomic E-state index is 0.0348. The van der Waals surface area contributed by atoms with E-state index in [2.05, 4.69) is 32.1 Å². The molecule has 0 spiro atoms.